The molecule has 24 heavy (non-hydrogen) atoms. The van der Waals surface area contributed by atoms with Crippen molar-refractivity contribution in [3.8, 4) is 0 Å². The summed E-state index contributed by atoms with van der Waals surface area (Å²) in [6, 6.07) is 6.82. The van der Waals surface area contributed by atoms with Gasteiger partial charge in [-0.25, -0.2) is 4.39 Å². The van der Waals surface area contributed by atoms with Gasteiger partial charge in [0, 0.05) is 32.0 Å². The van der Waals surface area contributed by atoms with Crippen LogP contribution in [-0.2, 0) is 16.0 Å². The van der Waals surface area contributed by atoms with Crippen molar-refractivity contribution in [2.75, 3.05) is 13.1 Å². The molecule has 0 aromatic heterocycles. The minimum absolute atomic E-state index is 0.0331. The van der Waals surface area contributed by atoms with E-state index in [2.05, 4.69) is 5.32 Å². The number of halogens is 1. The Kier molecular flexibility index (Phi) is 5.48. The number of hydrogen-bond acceptors (Lipinski definition) is 2. The number of likely N-dealkylation sites (tertiary alicyclic amines) is 1. The maximum absolute atomic E-state index is 13.0. The van der Waals surface area contributed by atoms with Gasteiger partial charge in [0.1, 0.15) is 5.82 Å². The minimum atomic E-state index is -0.216. The van der Waals surface area contributed by atoms with Gasteiger partial charge in [-0.05, 0) is 49.3 Å². The number of carbonyl (C=O) groups excluding carboxylic acids is 2. The van der Waals surface area contributed by atoms with Crippen LogP contribution in [0, 0.1) is 11.7 Å². The fourth-order valence-electron chi connectivity index (χ4n) is 3.85. The molecule has 1 heterocycles. The van der Waals surface area contributed by atoms with Crippen LogP contribution < -0.4 is 5.32 Å². The van der Waals surface area contributed by atoms with E-state index in [9.17, 15) is 14.0 Å². The molecule has 2 aliphatic rings. The SMILES string of the molecule is O=C(CCN1CCCC1=O)N[C@@H]1CCC[C@@H]1Cc1ccc(F)cc1. The number of carbonyl (C=O) groups is 2. The van der Waals surface area contributed by atoms with Crippen molar-refractivity contribution in [2.24, 2.45) is 5.92 Å². The largest absolute Gasteiger partial charge is 0.353 e. The predicted molar refractivity (Wildman–Crippen MR) is 89.8 cm³/mol. The van der Waals surface area contributed by atoms with Gasteiger partial charge in [0.25, 0.3) is 0 Å². The van der Waals surface area contributed by atoms with E-state index in [-0.39, 0.29) is 23.7 Å². The second-order valence-electron chi connectivity index (χ2n) is 6.93. The standard InChI is InChI=1S/C19H25FN2O2/c20-16-8-6-14(7-9-16)13-15-3-1-4-17(15)21-18(23)10-12-22-11-2-5-19(22)24/h6-9,15,17H,1-5,10-13H2,(H,21,23)/t15-,17-/m1/s1. The Labute approximate surface area is 142 Å². The molecule has 1 aromatic rings. The smallest absolute Gasteiger partial charge is 0.222 e. The molecule has 3 rings (SSSR count). The number of benzene rings is 1. The highest BCUT2D eigenvalue weighted by Gasteiger charge is 2.29. The van der Waals surface area contributed by atoms with Gasteiger partial charge in [-0.1, -0.05) is 18.6 Å². The van der Waals surface area contributed by atoms with Crippen molar-refractivity contribution in [1.82, 2.24) is 10.2 Å². The lowest BCUT2D eigenvalue weighted by atomic mass is 9.94. The maximum atomic E-state index is 13.0. The van der Waals surface area contributed by atoms with Gasteiger partial charge in [0.2, 0.25) is 11.8 Å². The lowest BCUT2D eigenvalue weighted by molar-refractivity contribution is -0.128. The summed E-state index contributed by atoms with van der Waals surface area (Å²) in [6.07, 6.45) is 5.97. The molecule has 0 unspecified atom stereocenters. The molecule has 0 bridgehead atoms. The van der Waals surface area contributed by atoms with Gasteiger partial charge in [0.15, 0.2) is 0 Å². The van der Waals surface area contributed by atoms with Crippen molar-refractivity contribution < 1.29 is 14.0 Å². The molecule has 0 radical (unpaired) electrons. The van der Waals surface area contributed by atoms with Crippen LogP contribution in [0.3, 0.4) is 0 Å². The third-order valence-electron chi connectivity index (χ3n) is 5.20. The molecule has 130 valence electrons. The number of hydrogen-bond donors (Lipinski definition) is 1. The van der Waals surface area contributed by atoms with E-state index in [0.29, 0.717) is 25.3 Å². The average molecular weight is 332 g/mol. The highest BCUT2D eigenvalue weighted by molar-refractivity contribution is 5.80. The van der Waals surface area contributed by atoms with Crippen LogP contribution >= 0.6 is 0 Å². The van der Waals surface area contributed by atoms with Crippen LogP contribution in [0.25, 0.3) is 0 Å². The molecule has 2 atom stereocenters. The zero-order valence-electron chi connectivity index (χ0n) is 14.0. The zero-order valence-corrected chi connectivity index (χ0v) is 14.0. The summed E-state index contributed by atoms with van der Waals surface area (Å²) in [7, 11) is 0. The summed E-state index contributed by atoms with van der Waals surface area (Å²) in [5.41, 5.74) is 1.12. The molecule has 2 fully saturated rings. The highest BCUT2D eigenvalue weighted by Crippen LogP contribution is 2.29. The Bertz CT molecular complexity index is 588. The van der Waals surface area contributed by atoms with E-state index in [0.717, 1.165) is 44.2 Å². The highest BCUT2D eigenvalue weighted by atomic mass is 19.1. The number of nitrogens with one attached hydrogen (secondary N) is 1. The molecule has 1 aliphatic carbocycles. The first-order valence-electron chi connectivity index (χ1n) is 8.93. The minimum Gasteiger partial charge on any atom is -0.353 e. The first kappa shape index (κ1) is 16.9. The monoisotopic (exact) mass is 332 g/mol. The summed E-state index contributed by atoms with van der Waals surface area (Å²) in [6.45, 7) is 1.31. The van der Waals surface area contributed by atoms with Crippen molar-refractivity contribution in [1.29, 1.82) is 0 Å². The van der Waals surface area contributed by atoms with E-state index in [4.69, 9.17) is 0 Å². The third-order valence-corrected chi connectivity index (χ3v) is 5.20. The molecule has 4 nitrogen and oxygen atoms in total. The summed E-state index contributed by atoms with van der Waals surface area (Å²) in [5, 5.41) is 3.15. The van der Waals surface area contributed by atoms with Gasteiger partial charge in [-0.3, -0.25) is 9.59 Å². The van der Waals surface area contributed by atoms with Crippen LogP contribution in [0.2, 0.25) is 0 Å². The van der Waals surface area contributed by atoms with E-state index in [1.807, 2.05) is 12.1 Å². The molecule has 1 N–H and O–H groups in total. The van der Waals surface area contributed by atoms with Gasteiger partial charge in [0.05, 0.1) is 0 Å². The molecule has 1 saturated heterocycles. The Morgan fingerprint density at radius 1 is 1.21 bits per heavy atom. The van der Waals surface area contributed by atoms with Crippen LogP contribution in [-0.4, -0.2) is 35.8 Å². The van der Waals surface area contributed by atoms with E-state index in [1.165, 1.54) is 12.1 Å². The lowest BCUT2D eigenvalue weighted by Gasteiger charge is -2.22. The predicted octanol–water partition coefficient (Wildman–Crippen LogP) is 2.67. The molecule has 5 heteroatoms. The number of nitrogens with zero attached hydrogens (tertiary/aromatic N) is 1. The van der Waals surface area contributed by atoms with Crippen LogP contribution in [0.1, 0.15) is 44.1 Å². The van der Waals surface area contributed by atoms with Gasteiger partial charge < -0.3 is 10.2 Å². The Balaban J connectivity index is 1.47. The summed E-state index contributed by atoms with van der Waals surface area (Å²) in [5.74, 6) is 0.392. The first-order chi connectivity index (χ1) is 11.6. The van der Waals surface area contributed by atoms with E-state index < -0.39 is 0 Å². The second-order valence-corrected chi connectivity index (χ2v) is 6.93. The third kappa shape index (κ3) is 4.34. The summed E-state index contributed by atoms with van der Waals surface area (Å²) >= 11 is 0. The summed E-state index contributed by atoms with van der Waals surface area (Å²) in [4.78, 5) is 25.6. The average Bonchev–Trinajstić information content (AvgIpc) is 3.17. The fourth-order valence-corrected chi connectivity index (χ4v) is 3.85. The van der Waals surface area contributed by atoms with Crippen molar-refractivity contribution in [3.05, 3.63) is 35.6 Å². The van der Waals surface area contributed by atoms with Crippen molar-refractivity contribution >= 4 is 11.8 Å². The maximum Gasteiger partial charge on any atom is 0.222 e. The van der Waals surface area contributed by atoms with Crippen LogP contribution in [0.4, 0.5) is 4.39 Å². The Hall–Kier alpha value is -1.91. The fraction of sp³-hybridized carbons (Fsp3) is 0.579. The van der Waals surface area contributed by atoms with E-state index in [1.54, 1.807) is 4.90 Å². The number of amides is 2. The topological polar surface area (TPSA) is 49.4 Å². The normalized spacial score (nSPS) is 23.7. The molecular weight excluding hydrogens is 307 g/mol. The molecule has 2 amide bonds. The van der Waals surface area contributed by atoms with E-state index >= 15 is 0 Å². The van der Waals surface area contributed by atoms with Crippen molar-refractivity contribution in [2.45, 2.75) is 51.0 Å². The van der Waals surface area contributed by atoms with Gasteiger partial charge >= 0.3 is 0 Å². The zero-order chi connectivity index (χ0) is 16.9. The van der Waals surface area contributed by atoms with Crippen LogP contribution in [0.5, 0.6) is 0 Å². The van der Waals surface area contributed by atoms with Gasteiger partial charge in [-0.2, -0.15) is 0 Å². The molecule has 1 saturated carbocycles. The Morgan fingerprint density at radius 3 is 2.71 bits per heavy atom. The molecular formula is C19H25FN2O2. The Morgan fingerprint density at radius 2 is 2.00 bits per heavy atom. The number of rotatable bonds is 6. The first-order valence-corrected chi connectivity index (χ1v) is 8.93. The molecule has 1 aromatic carbocycles. The lowest BCUT2D eigenvalue weighted by Crippen LogP contribution is -2.39. The van der Waals surface area contributed by atoms with Gasteiger partial charge in [-0.15, -0.1) is 0 Å². The van der Waals surface area contributed by atoms with Crippen LogP contribution in [0.15, 0.2) is 24.3 Å². The molecule has 1 aliphatic heterocycles. The quantitative estimate of drug-likeness (QED) is 0.871. The second kappa shape index (κ2) is 7.77. The summed E-state index contributed by atoms with van der Waals surface area (Å²) < 4.78 is 13.0. The molecule has 0 spiro atoms. The van der Waals surface area contributed by atoms with Crippen molar-refractivity contribution in [3.63, 3.8) is 0 Å².